The lowest BCUT2D eigenvalue weighted by molar-refractivity contribution is -0.687. The second-order valence-electron chi connectivity index (χ2n) is 19.7. The van der Waals surface area contributed by atoms with Crippen LogP contribution in [-0.2, 0) is 56.0 Å². The summed E-state index contributed by atoms with van der Waals surface area (Å²) in [6.07, 6.45) is -0.0434. The molecule has 1 aliphatic heterocycles. The zero-order valence-electron chi connectivity index (χ0n) is 47.4. The number of halogens is 5. The molecule has 2 aromatic heterocycles. The van der Waals surface area contributed by atoms with Crippen molar-refractivity contribution in [2.75, 3.05) is 56.8 Å². The SMILES string of the molecule is O=C(CCOCCOCCOCCC(=O)Oc1c(F)c(F)c(F)c(F)c1F)NCCC(=O)Nc1cc(C[n+]2cccc(-c3cn(CCCCCCCC(=O)Nc4ccccc4-c4ccccc4)nn3)c2)ccc1O[C@@H]1O[C@H](C(=O)O)[C@@H](O)[C@H](O)[C@H]1O.[CH3-]. The molecule has 7 rings (SSSR count). The molecule has 1 saturated heterocycles. The molecular formula is C60H68F5N7O15. The predicted molar refractivity (Wildman–Crippen MR) is 301 cm³/mol. The summed E-state index contributed by atoms with van der Waals surface area (Å²) < 4.78 is 102. The van der Waals surface area contributed by atoms with Gasteiger partial charge in [0.1, 0.15) is 29.8 Å². The topological polar surface area (TPSA) is 292 Å². The molecule has 87 heavy (non-hydrogen) atoms. The molecule has 4 aromatic carbocycles. The van der Waals surface area contributed by atoms with Crippen molar-refractivity contribution < 1.29 is 99.3 Å². The summed E-state index contributed by atoms with van der Waals surface area (Å²) in [5, 5.41) is 58.0. The number of carbonyl (C=O) groups excluding carboxylic acids is 4. The first-order chi connectivity index (χ1) is 41.5. The van der Waals surface area contributed by atoms with Crippen molar-refractivity contribution in [2.45, 2.75) is 102 Å². The molecule has 1 aliphatic rings. The van der Waals surface area contributed by atoms with E-state index in [0.29, 0.717) is 24.2 Å². The Kier molecular flexibility index (Phi) is 26.6. The van der Waals surface area contributed by atoms with E-state index in [4.69, 9.17) is 23.7 Å². The second kappa shape index (κ2) is 34.1. The van der Waals surface area contributed by atoms with Crippen LogP contribution in [0.15, 0.2) is 104 Å². The zero-order chi connectivity index (χ0) is 61.5. The van der Waals surface area contributed by atoms with Crippen LogP contribution in [0.4, 0.5) is 33.3 Å². The minimum atomic E-state index is -2.40. The number of benzene rings is 4. The molecule has 1 fully saturated rings. The van der Waals surface area contributed by atoms with E-state index >= 15 is 0 Å². The number of unbranched alkanes of at least 4 members (excludes halogenated alkanes) is 4. The van der Waals surface area contributed by atoms with Crippen LogP contribution in [0.25, 0.3) is 22.4 Å². The van der Waals surface area contributed by atoms with Crippen molar-refractivity contribution in [1.29, 1.82) is 0 Å². The number of amides is 3. The van der Waals surface area contributed by atoms with Crippen molar-refractivity contribution in [2.24, 2.45) is 0 Å². The number of aliphatic hydroxyl groups excluding tert-OH is 3. The van der Waals surface area contributed by atoms with E-state index in [9.17, 15) is 66.4 Å². The summed E-state index contributed by atoms with van der Waals surface area (Å²) in [5.41, 5.74) is 4.90. The number of ether oxygens (including phenoxy) is 6. The lowest BCUT2D eigenvalue weighted by Crippen LogP contribution is -2.61. The first-order valence-corrected chi connectivity index (χ1v) is 27.5. The van der Waals surface area contributed by atoms with E-state index in [1.165, 1.54) is 6.07 Å². The highest BCUT2D eigenvalue weighted by Crippen LogP contribution is 2.33. The molecular weight excluding hydrogens is 1150 g/mol. The molecule has 0 spiro atoms. The van der Waals surface area contributed by atoms with Crippen molar-refractivity contribution >= 4 is 41.0 Å². The van der Waals surface area contributed by atoms with E-state index in [2.05, 4.69) is 31.0 Å². The van der Waals surface area contributed by atoms with Gasteiger partial charge in [0.05, 0.1) is 63.5 Å². The first-order valence-electron chi connectivity index (χ1n) is 27.5. The number of anilines is 2. The summed E-state index contributed by atoms with van der Waals surface area (Å²) in [6.45, 7) is 0.591. The lowest BCUT2D eigenvalue weighted by atomic mass is 9.99. The molecule has 0 radical (unpaired) electrons. The van der Waals surface area contributed by atoms with E-state index in [-0.39, 0.29) is 90.3 Å². The summed E-state index contributed by atoms with van der Waals surface area (Å²) in [7, 11) is 0. The molecule has 468 valence electrons. The number of esters is 1. The van der Waals surface area contributed by atoms with Crippen molar-refractivity contribution in [1.82, 2.24) is 20.3 Å². The molecule has 7 N–H and O–H groups in total. The third kappa shape index (κ3) is 20.1. The van der Waals surface area contributed by atoms with Gasteiger partial charge in [-0.05, 0) is 48.7 Å². The maximum atomic E-state index is 13.7. The first kappa shape index (κ1) is 67.8. The molecule has 22 nitrogen and oxygen atoms in total. The van der Waals surface area contributed by atoms with Gasteiger partial charge in [-0.2, -0.15) is 8.78 Å². The average molecular weight is 1220 g/mol. The highest BCUT2D eigenvalue weighted by molar-refractivity contribution is 5.95. The van der Waals surface area contributed by atoms with Gasteiger partial charge in [-0.1, -0.05) is 73.0 Å². The van der Waals surface area contributed by atoms with Gasteiger partial charge in [0, 0.05) is 55.2 Å². The number of rotatable bonds is 33. The number of hydrogen-bond acceptors (Lipinski definition) is 16. The molecule has 5 atom stereocenters. The van der Waals surface area contributed by atoms with Crippen LogP contribution >= 0.6 is 0 Å². The Morgan fingerprint density at radius 1 is 0.632 bits per heavy atom. The highest BCUT2D eigenvalue weighted by Gasteiger charge is 2.48. The van der Waals surface area contributed by atoms with Gasteiger partial charge in [0.25, 0.3) is 0 Å². The Hall–Kier alpha value is -8.31. The third-order valence-electron chi connectivity index (χ3n) is 13.2. The Balaban J connectivity index is 0.0000121. The van der Waals surface area contributed by atoms with Gasteiger partial charge in [-0.15, -0.1) is 5.10 Å². The maximum absolute atomic E-state index is 13.7. The Labute approximate surface area is 497 Å². The van der Waals surface area contributed by atoms with Crippen LogP contribution < -0.4 is 30.0 Å². The van der Waals surface area contributed by atoms with Gasteiger partial charge >= 0.3 is 11.9 Å². The largest absolute Gasteiger partial charge is 0.479 e. The minimum absolute atomic E-state index is 0. The summed E-state index contributed by atoms with van der Waals surface area (Å²) >= 11 is 0. The Bertz CT molecular complexity index is 3230. The molecule has 3 heterocycles. The second-order valence-corrected chi connectivity index (χ2v) is 19.7. The summed E-state index contributed by atoms with van der Waals surface area (Å²) in [4.78, 5) is 62.3. The monoisotopic (exact) mass is 1220 g/mol. The third-order valence-corrected chi connectivity index (χ3v) is 13.2. The Morgan fingerprint density at radius 3 is 1.98 bits per heavy atom. The highest BCUT2D eigenvalue weighted by atomic mass is 19.2. The normalized spacial score (nSPS) is 16.3. The van der Waals surface area contributed by atoms with Gasteiger partial charge in [-0.25, -0.2) is 22.5 Å². The number of carboxylic acid groups (broad SMARTS) is 1. The number of para-hydroxylation sites is 1. The number of aliphatic carboxylic acids is 1. The molecule has 3 amide bonds. The smallest absolute Gasteiger partial charge is 0.335 e. The molecule has 0 aliphatic carbocycles. The van der Waals surface area contributed by atoms with E-state index in [0.717, 1.165) is 54.5 Å². The molecule has 0 bridgehead atoms. The number of aryl methyl sites for hydroxylation is 1. The lowest BCUT2D eigenvalue weighted by Gasteiger charge is -2.38. The number of nitrogens with one attached hydrogen (secondary N) is 3. The molecule has 0 saturated carbocycles. The van der Waals surface area contributed by atoms with Crippen molar-refractivity contribution in [3.05, 3.63) is 146 Å². The standard InChI is InChI=1S/C59H64F5N7O15.CH3/c60-48-49(61)51(63)56(52(64)50(48)62)85-47(75)22-27-82-29-31-83-30-28-81-26-21-44(72)65-23-20-46(74)67-41-32-36(18-19-43(41)84-59-55(78)53(76)54(77)57(86-59)58(79)80)33-70-24-11-14-38(34-70)42-35-71(69-68-42)25-10-3-1-2-7-17-45(73)66-40-16-9-8-15-39(40)37-12-5-4-6-13-37;/h4-6,8-9,11-16,18-19,24,32,34-35,53-55,57,59,76-78H,1-3,7,10,17,20-23,25-31,33H2,(H3-,65,66,67,72,73,74,79,80);1H3/q;-1/p+1/t53-,54-,55+,57-,59+;/m0./s1. The van der Waals surface area contributed by atoms with Gasteiger partial charge in [0.2, 0.25) is 58.8 Å². The number of carboxylic acids is 1. The van der Waals surface area contributed by atoms with Gasteiger partial charge in [0.15, 0.2) is 25.0 Å². The average Bonchev–Trinajstić information content (AvgIpc) is 2.62. The fraction of sp³-hybridized carbons (Fsp3) is 0.383. The number of hydrogen-bond donors (Lipinski definition) is 7. The van der Waals surface area contributed by atoms with Crippen LogP contribution in [0, 0.1) is 36.5 Å². The van der Waals surface area contributed by atoms with Crippen molar-refractivity contribution in [3.8, 4) is 33.9 Å². The Morgan fingerprint density at radius 2 is 1.25 bits per heavy atom. The van der Waals surface area contributed by atoms with Crippen LogP contribution in [0.1, 0.15) is 63.4 Å². The predicted octanol–water partition coefficient (Wildman–Crippen LogP) is 6.22. The quantitative estimate of drug-likeness (QED) is 0.00351. The van der Waals surface area contributed by atoms with Crippen LogP contribution in [0.3, 0.4) is 0 Å². The van der Waals surface area contributed by atoms with Crippen molar-refractivity contribution in [3.63, 3.8) is 0 Å². The van der Waals surface area contributed by atoms with Gasteiger partial charge < -0.3 is 72.2 Å². The fourth-order valence-electron chi connectivity index (χ4n) is 8.76. The minimum Gasteiger partial charge on any atom is -0.479 e. The summed E-state index contributed by atoms with van der Waals surface area (Å²) in [5.74, 6) is -17.3. The van der Waals surface area contributed by atoms with Crippen LogP contribution in [0.2, 0.25) is 0 Å². The van der Waals surface area contributed by atoms with E-state index in [1.54, 1.807) is 16.8 Å². The molecule has 0 unspecified atom stereocenters. The maximum Gasteiger partial charge on any atom is 0.335 e. The fourth-order valence-corrected chi connectivity index (χ4v) is 8.76. The number of aliphatic hydroxyl groups is 3. The number of pyridine rings is 1. The van der Waals surface area contributed by atoms with Crippen LogP contribution in [-0.4, -0.2) is 142 Å². The number of aromatic nitrogens is 4. The molecule has 27 heteroatoms. The molecule has 6 aromatic rings. The summed E-state index contributed by atoms with van der Waals surface area (Å²) in [6, 6.07) is 26.1. The van der Waals surface area contributed by atoms with Crippen LogP contribution in [0.5, 0.6) is 11.5 Å². The van der Waals surface area contributed by atoms with E-state index < -0.39 is 95.7 Å². The number of carbonyl (C=O) groups is 5. The van der Waals surface area contributed by atoms with E-state index in [1.807, 2.05) is 89.9 Å². The zero-order valence-corrected chi connectivity index (χ0v) is 47.4. The number of nitrogens with zero attached hydrogens (tertiary/aromatic N) is 4. The van der Waals surface area contributed by atoms with Gasteiger partial charge in [-0.3, -0.25) is 23.9 Å².